The Labute approximate surface area is 137 Å². The van der Waals surface area contributed by atoms with Gasteiger partial charge in [0.15, 0.2) is 5.11 Å². The van der Waals surface area contributed by atoms with Gasteiger partial charge in [0, 0.05) is 30.7 Å². The van der Waals surface area contributed by atoms with Gasteiger partial charge in [-0.25, -0.2) is 0 Å². The minimum absolute atomic E-state index is 0.571. The van der Waals surface area contributed by atoms with E-state index < -0.39 is 0 Å². The molecule has 2 aromatic rings. The van der Waals surface area contributed by atoms with Crippen LogP contribution in [0.3, 0.4) is 0 Å². The van der Waals surface area contributed by atoms with Crippen LogP contribution in [0, 0.1) is 0 Å². The second kappa shape index (κ2) is 6.88. The summed E-state index contributed by atoms with van der Waals surface area (Å²) >= 11 is 5.68. The lowest BCUT2D eigenvalue weighted by Gasteiger charge is -2.26. The van der Waals surface area contributed by atoms with E-state index in [9.17, 15) is 0 Å². The fraction of sp³-hybridized carbons (Fsp3) is 0.333. The molecule has 0 spiro atoms. The average Bonchev–Trinajstić information content (AvgIpc) is 3.39. The number of rotatable bonds is 5. The fourth-order valence-corrected chi connectivity index (χ4v) is 2.90. The molecule has 1 N–H and O–H groups in total. The number of aryl methyl sites for hydroxylation is 1. The first kappa shape index (κ1) is 15.0. The molecule has 4 heteroatoms. The molecule has 0 aliphatic heterocycles. The van der Waals surface area contributed by atoms with Crippen molar-refractivity contribution < 1.29 is 0 Å². The van der Waals surface area contributed by atoms with Gasteiger partial charge in [0.05, 0.1) is 0 Å². The third kappa shape index (κ3) is 3.63. The lowest BCUT2D eigenvalue weighted by molar-refractivity contribution is 0.409. The van der Waals surface area contributed by atoms with Gasteiger partial charge in [-0.2, -0.15) is 0 Å². The molecule has 0 atom stereocenters. The van der Waals surface area contributed by atoms with Crippen molar-refractivity contribution in [1.29, 1.82) is 0 Å². The Bertz CT molecular complexity index is 638. The van der Waals surface area contributed by atoms with Crippen LogP contribution in [0.4, 0.5) is 5.69 Å². The highest BCUT2D eigenvalue weighted by Gasteiger charge is 2.30. The molecule has 3 rings (SSSR count). The topological polar surface area (TPSA) is 28.2 Å². The number of nitrogens with one attached hydrogen (secondary N) is 1. The maximum atomic E-state index is 5.68. The molecule has 22 heavy (non-hydrogen) atoms. The molecule has 0 saturated heterocycles. The Morgan fingerprint density at radius 3 is 2.64 bits per heavy atom. The molecule has 0 bridgehead atoms. The third-order valence-electron chi connectivity index (χ3n) is 3.99. The van der Waals surface area contributed by atoms with Gasteiger partial charge < -0.3 is 10.2 Å². The van der Waals surface area contributed by atoms with E-state index in [0.29, 0.717) is 6.04 Å². The zero-order chi connectivity index (χ0) is 15.4. The zero-order valence-corrected chi connectivity index (χ0v) is 13.6. The van der Waals surface area contributed by atoms with Crippen LogP contribution >= 0.6 is 12.2 Å². The highest BCUT2D eigenvalue weighted by atomic mass is 32.1. The maximum Gasteiger partial charge on any atom is 0.173 e. The molecular weight excluding hydrogens is 290 g/mol. The first-order valence-electron chi connectivity index (χ1n) is 7.82. The van der Waals surface area contributed by atoms with Crippen molar-refractivity contribution in [2.45, 2.75) is 38.8 Å². The van der Waals surface area contributed by atoms with Gasteiger partial charge in [-0.1, -0.05) is 25.1 Å². The molecule has 1 fully saturated rings. The number of para-hydroxylation sites is 1. The summed E-state index contributed by atoms with van der Waals surface area (Å²) in [4.78, 5) is 6.38. The van der Waals surface area contributed by atoms with Crippen LogP contribution in [0.25, 0.3) is 0 Å². The summed E-state index contributed by atoms with van der Waals surface area (Å²) in [6, 6.07) is 13.0. The standard InChI is InChI=1S/C18H21N3S/c1-2-15-5-3-4-6-17(15)20-18(22)21(16-7-8-16)13-14-9-11-19-12-10-14/h3-6,9-12,16H,2,7-8,13H2,1H3,(H,20,22). The first-order valence-corrected chi connectivity index (χ1v) is 8.23. The predicted octanol–water partition coefficient (Wildman–Crippen LogP) is 4.01. The monoisotopic (exact) mass is 311 g/mol. The molecule has 0 radical (unpaired) electrons. The van der Waals surface area contributed by atoms with Gasteiger partial charge in [0.1, 0.15) is 0 Å². The normalized spacial score (nSPS) is 13.7. The number of hydrogen-bond donors (Lipinski definition) is 1. The first-order chi connectivity index (χ1) is 10.8. The van der Waals surface area contributed by atoms with Gasteiger partial charge in [-0.15, -0.1) is 0 Å². The summed E-state index contributed by atoms with van der Waals surface area (Å²) in [5.41, 5.74) is 3.66. The van der Waals surface area contributed by atoms with Crippen molar-refractivity contribution in [3.8, 4) is 0 Å². The van der Waals surface area contributed by atoms with E-state index in [-0.39, 0.29) is 0 Å². The summed E-state index contributed by atoms with van der Waals surface area (Å²) in [6.45, 7) is 3.01. The van der Waals surface area contributed by atoms with Crippen molar-refractivity contribution in [3.05, 3.63) is 59.9 Å². The van der Waals surface area contributed by atoms with E-state index in [1.54, 1.807) is 0 Å². The number of aromatic nitrogens is 1. The lowest BCUT2D eigenvalue weighted by Crippen LogP contribution is -2.36. The van der Waals surface area contributed by atoms with Crippen LogP contribution in [-0.2, 0) is 13.0 Å². The number of pyridine rings is 1. The molecule has 3 nitrogen and oxygen atoms in total. The van der Waals surface area contributed by atoms with E-state index in [2.05, 4.69) is 58.5 Å². The molecule has 1 aromatic heterocycles. The van der Waals surface area contributed by atoms with Gasteiger partial charge >= 0.3 is 0 Å². The number of nitrogens with zero attached hydrogens (tertiary/aromatic N) is 2. The zero-order valence-electron chi connectivity index (χ0n) is 12.8. The molecule has 114 valence electrons. The second-order valence-electron chi connectivity index (χ2n) is 5.66. The quantitative estimate of drug-likeness (QED) is 0.845. The van der Waals surface area contributed by atoms with E-state index >= 15 is 0 Å². The summed E-state index contributed by atoms with van der Waals surface area (Å²) in [5, 5.41) is 4.26. The largest absolute Gasteiger partial charge is 0.342 e. The van der Waals surface area contributed by atoms with Crippen molar-refractivity contribution >= 4 is 23.0 Å². The number of hydrogen-bond acceptors (Lipinski definition) is 2. The van der Waals surface area contributed by atoms with Crippen molar-refractivity contribution in [2.24, 2.45) is 0 Å². The predicted molar refractivity (Wildman–Crippen MR) is 94.8 cm³/mol. The van der Waals surface area contributed by atoms with E-state index in [1.807, 2.05) is 12.4 Å². The number of benzene rings is 1. The molecule has 1 aromatic carbocycles. The van der Waals surface area contributed by atoms with Crippen LogP contribution in [0.1, 0.15) is 30.9 Å². The highest BCUT2D eigenvalue weighted by Crippen LogP contribution is 2.29. The summed E-state index contributed by atoms with van der Waals surface area (Å²) < 4.78 is 0. The second-order valence-corrected chi connectivity index (χ2v) is 6.04. The molecule has 1 heterocycles. The van der Waals surface area contributed by atoms with E-state index in [4.69, 9.17) is 12.2 Å². The Morgan fingerprint density at radius 2 is 1.95 bits per heavy atom. The summed E-state index contributed by atoms with van der Waals surface area (Å²) in [5.74, 6) is 0. The molecule has 1 aliphatic carbocycles. The van der Waals surface area contributed by atoms with Crippen LogP contribution in [-0.4, -0.2) is 21.0 Å². The molecule has 1 aliphatic rings. The van der Waals surface area contributed by atoms with Gasteiger partial charge in [-0.3, -0.25) is 4.98 Å². The number of thiocarbonyl (C=S) groups is 1. The van der Waals surface area contributed by atoms with Crippen LogP contribution in [0.2, 0.25) is 0 Å². The van der Waals surface area contributed by atoms with Crippen molar-refractivity contribution in [3.63, 3.8) is 0 Å². The SMILES string of the molecule is CCc1ccccc1NC(=S)N(Cc1ccncc1)C1CC1. The van der Waals surface area contributed by atoms with E-state index in [1.165, 1.54) is 24.0 Å². The van der Waals surface area contributed by atoms with Gasteiger partial charge in [0.2, 0.25) is 0 Å². The summed E-state index contributed by atoms with van der Waals surface area (Å²) in [7, 11) is 0. The molecular formula is C18H21N3S. The lowest BCUT2D eigenvalue weighted by atomic mass is 10.1. The minimum atomic E-state index is 0.571. The van der Waals surface area contributed by atoms with Crippen LogP contribution < -0.4 is 5.32 Å². The summed E-state index contributed by atoms with van der Waals surface area (Å²) in [6.07, 6.45) is 7.12. The highest BCUT2D eigenvalue weighted by molar-refractivity contribution is 7.80. The molecule has 0 amide bonds. The van der Waals surface area contributed by atoms with E-state index in [0.717, 1.165) is 23.8 Å². The number of anilines is 1. The van der Waals surface area contributed by atoms with Crippen molar-refractivity contribution in [1.82, 2.24) is 9.88 Å². The third-order valence-corrected chi connectivity index (χ3v) is 4.33. The Balaban J connectivity index is 1.73. The Hall–Kier alpha value is -1.94. The van der Waals surface area contributed by atoms with Crippen molar-refractivity contribution in [2.75, 3.05) is 5.32 Å². The molecule has 0 unspecified atom stereocenters. The maximum absolute atomic E-state index is 5.68. The Kier molecular flexibility index (Phi) is 4.68. The van der Waals surface area contributed by atoms with Gasteiger partial charge in [0.25, 0.3) is 0 Å². The fourth-order valence-electron chi connectivity index (χ4n) is 2.58. The van der Waals surface area contributed by atoms with Gasteiger partial charge in [-0.05, 0) is 60.8 Å². The average molecular weight is 311 g/mol. The van der Waals surface area contributed by atoms with Crippen LogP contribution in [0.5, 0.6) is 0 Å². The van der Waals surface area contributed by atoms with Crippen LogP contribution in [0.15, 0.2) is 48.8 Å². The smallest absolute Gasteiger partial charge is 0.173 e. The minimum Gasteiger partial charge on any atom is -0.342 e. The molecule has 1 saturated carbocycles. The Morgan fingerprint density at radius 1 is 1.23 bits per heavy atom.